The zero-order valence-corrected chi connectivity index (χ0v) is 18.1. The maximum atomic E-state index is 13.2. The molecule has 2 aromatic carbocycles. The molecule has 0 saturated carbocycles. The van der Waals surface area contributed by atoms with Crippen LogP contribution in [0.5, 0.6) is 5.75 Å². The van der Waals surface area contributed by atoms with Gasteiger partial charge in [-0.1, -0.05) is 6.07 Å². The van der Waals surface area contributed by atoms with Crippen molar-refractivity contribution in [3.63, 3.8) is 0 Å². The second kappa shape index (κ2) is 7.09. The average molecular weight is 506 g/mol. The molecule has 32 heavy (non-hydrogen) atoms. The van der Waals surface area contributed by atoms with Crippen molar-refractivity contribution in [1.82, 2.24) is 19.3 Å². The molecule has 0 saturated heterocycles. The number of rotatable bonds is 2. The zero-order chi connectivity index (χ0) is 22.8. The van der Waals surface area contributed by atoms with E-state index >= 15 is 0 Å². The second-order valence-electron chi connectivity index (χ2n) is 7.44. The molecular weight excluding hydrogens is 491 g/mol. The molecule has 11 heteroatoms. The number of benzene rings is 2. The van der Waals surface area contributed by atoms with E-state index in [0.717, 1.165) is 12.1 Å². The summed E-state index contributed by atoms with van der Waals surface area (Å²) in [6, 6.07) is 7.81. The SMILES string of the molecule is CN(C(=O)c1ccc2nc(N)c3cnc(Br)n3c2c1)[C@@H]1COc2cc(C(F)(F)F)ccc21. The maximum absolute atomic E-state index is 13.2. The van der Waals surface area contributed by atoms with Gasteiger partial charge in [-0.2, -0.15) is 13.2 Å². The van der Waals surface area contributed by atoms with Crippen molar-refractivity contribution in [1.29, 1.82) is 0 Å². The van der Waals surface area contributed by atoms with Crippen LogP contribution in [0.4, 0.5) is 19.0 Å². The molecule has 5 rings (SSSR count). The van der Waals surface area contributed by atoms with Crippen LogP contribution >= 0.6 is 15.9 Å². The largest absolute Gasteiger partial charge is 0.491 e. The Hall–Kier alpha value is -3.34. The number of hydrogen-bond acceptors (Lipinski definition) is 5. The Bertz CT molecular complexity index is 1400. The summed E-state index contributed by atoms with van der Waals surface area (Å²) in [6.45, 7) is 0.0713. The number of fused-ring (bicyclic) bond motifs is 4. The zero-order valence-electron chi connectivity index (χ0n) is 16.5. The summed E-state index contributed by atoms with van der Waals surface area (Å²) >= 11 is 3.38. The molecule has 4 aromatic rings. The van der Waals surface area contributed by atoms with Gasteiger partial charge in [0.05, 0.1) is 28.8 Å². The van der Waals surface area contributed by atoms with Gasteiger partial charge in [-0.15, -0.1) is 0 Å². The van der Waals surface area contributed by atoms with E-state index in [2.05, 4.69) is 25.9 Å². The fourth-order valence-electron chi connectivity index (χ4n) is 3.89. The van der Waals surface area contributed by atoms with Crippen molar-refractivity contribution in [2.45, 2.75) is 12.2 Å². The van der Waals surface area contributed by atoms with Crippen molar-refractivity contribution in [3.05, 3.63) is 64.0 Å². The minimum Gasteiger partial charge on any atom is -0.491 e. The number of halogens is 4. The Kier molecular flexibility index (Phi) is 4.55. The van der Waals surface area contributed by atoms with Crippen molar-refractivity contribution >= 4 is 44.2 Å². The van der Waals surface area contributed by atoms with Crippen LogP contribution in [0.2, 0.25) is 0 Å². The number of nitrogen functional groups attached to an aromatic ring is 1. The van der Waals surface area contributed by atoms with Gasteiger partial charge in [0.2, 0.25) is 0 Å². The van der Waals surface area contributed by atoms with E-state index in [0.29, 0.717) is 38.2 Å². The second-order valence-corrected chi connectivity index (χ2v) is 8.15. The summed E-state index contributed by atoms with van der Waals surface area (Å²) in [5.41, 5.74) is 7.94. The predicted octanol–water partition coefficient (Wildman–Crippen LogP) is 4.45. The lowest BCUT2D eigenvalue weighted by molar-refractivity contribution is -0.137. The molecule has 1 atom stereocenters. The number of alkyl halides is 3. The standard InChI is InChI=1S/C21H15BrF3N5O2/c1-29(16-9-32-17-7-11(21(23,24)25)3-4-12(16)17)19(31)10-2-5-13-14(6-10)30-15(18(26)28-13)8-27-20(30)22/h2-8,16H,9H2,1H3,(H2,26,28)/t16-/m1/s1. The smallest absolute Gasteiger partial charge is 0.416 e. The lowest BCUT2D eigenvalue weighted by Crippen LogP contribution is -2.32. The Balaban J connectivity index is 1.51. The number of hydrogen-bond donors (Lipinski definition) is 1. The lowest BCUT2D eigenvalue weighted by Gasteiger charge is -2.24. The topological polar surface area (TPSA) is 85.8 Å². The molecule has 164 valence electrons. The highest BCUT2D eigenvalue weighted by molar-refractivity contribution is 9.10. The fourth-order valence-corrected chi connectivity index (χ4v) is 4.38. The van der Waals surface area contributed by atoms with Crippen molar-refractivity contribution in [3.8, 4) is 5.75 Å². The molecule has 0 bridgehead atoms. The van der Waals surface area contributed by atoms with Crippen LogP contribution in [0.1, 0.15) is 27.5 Å². The van der Waals surface area contributed by atoms with Crippen molar-refractivity contribution in [2.24, 2.45) is 0 Å². The number of carbonyl (C=O) groups excluding carboxylic acids is 1. The average Bonchev–Trinajstić information content (AvgIpc) is 3.36. The van der Waals surface area contributed by atoms with E-state index in [1.165, 1.54) is 11.0 Å². The molecule has 0 spiro atoms. The number of aromatic nitrogens is 3. The predicted molar refractivity (Wildman–Crippen MR) is 114 cm³/mol. The molecule has 3 heterocycles. The summed E-state index contributed by atoms with van der Waals surface area (Å²) in [4.78, 5) is 23.3. The van der Waals surface area contributed by atoms with Crippen LogP contribution in [0.25, 0.3) is 16.6 Å². The number of carbonyl (C=O) groups is 1. The van der Waals surface area contributed by atoms with Gasteiger partial charge in [0, 0.05) is 18.2 Å². The van der Waals surface area contributed by atoms with Gasteiger partial charge in [-0.05, 0) is 46.3 Å². The first-order valence-electron chi connectivity index (χ1n) is 9.48. The summed E-state index contributed by atoms with van der Waals surface area (Å²) in [5.74, 6) is 0.131. The normalized spacial score (nSPS) is 15.7. The Morgan fingerprint density at radius 2 is 2.03 bits per heavy atom. The summed E-state index contributed by atoms with van der Waals surface area (Å²) in [7, 11) is 1.59. The first kappa shape index (κ1) is 20.6. The Morgan fingerprint density at radius 1 is 1.25 bits per heavy atom. The molecule has 1 aliphatic rings. The van der Waals surface area contributed by atoms with Gasteiger partial charge in [0.1, 0.15) is 23.7 Å². The van der Waals surface area contributed by atoms with Crippen molar-refractivity contribution in [2.75, 3.05) is 19.4 Å². The van der Waals surface area contributed by atoms with Crippen LogP contribution < -0.4 is 10.5 Å². The number of nitrogens with two attached hydrogens (primary N) is 1. The van der Waals surface area contributed by atoms with Gasteiger partial charge in [0.15, 0.2) is 4.73 Å². The van der Waals surface area contributed by atoms with Crippen molar-refractivity contribution < 1.29 is 22.7 Å². The third-order valence-corrected chi connectivity index (χ3v) is 6.13. The highest BCUT2D eigenvalue weighted by Crippen LogP contribution is 2.40. The molecular formula is C21H15BrF3N5O2. The number of amides is 1. The van der Waals surface area contributed by atoms with E-state index in [4.69, 9.17) is 10.5 Å². The van der Waals surface area contributed by atoms with E-state index in [-0.39, 0.29) is 18.3 Å². The fraction of sp³-hybridized carbons (Fsp3) is 0.190. The number of anilines is 1. The first-order chi connectivity index (χ1) is 15.1. The van der Waals surface area contributed by atoms with E-state index < -0.39 is 17.8 Å². The third kappa shape index (κ3) is 3.15. The van der Waals surface area contributed by atoms with Gasteiger partial charge >= 0.3 is 6.18 Å². The summed E-state index contributed by atoms with van der Waals surface area (Å²) in [5, 5.41) is 0. The molecule has 0 radical (unpaired) electrons. The molecule has 0 unspecified atom stereocenters. The van der Waals surface area contributed by atoms with Gasteiger partial charge in [-0.25, -0.2) is 9.97 Å². The highest BCUT2D eigenvalue weighted by Gasteiger charge is 2.36. The molecule has 0 fully saturated rings. The van der Waals surface area contributed by atoms with Crippen LogP contribution in [0.3, 0.4) is 0 Å². The van der Waals surface area contributed by atoms with Crippen LogP contribution in [-0.4, -0.2) is 38.8 Å². The third-order valence-electron chi connectivity index (χ3n) is 5.57. The molecule has 1 amide bonds. The van der Waals surface area contributed by atoms with E-state index in [1.807, 2.05) is 0 Å². The van der Waals surface area contributed by atoms with E-state index in [1.54, 1.807) is 35.8 Å². The molecule has 2 aromatic heterocycles. The minimum atomic E-state index is -4.46. The Morgan fingerprint density at radius 3 is 2.78 bits per heavy atom. The quantitative estimate of drug-likeness (QED) is 0.434. The monoisotopic (exact) mass is 505 g/mol. The maximum Gasteiger partial charge on any atom is 0.416 e. The van der Waals surface area contributed by atoms with Crippen LogP contribution in [0, 0.1) is 0 Å². The van der Waals surface area contributed by atoms with Crippen LogP contribution in [0.15, 0.2) is 47.3 Å². The molecule has 2 N–H and O–H groups in total. The minimum absolute atomic E-state index is 0.0713. The number of nitrogens with zero attached hydrogens (tertiary/aromatic N) is 4. The summed E-state index contributed by atoms with van der Waals surface area (Å²) in [6.07, 6.45) is -2.89. The van der Waals surface area contributed by atoms with E-state index in [9.17, 15) is 18.0 Å². The number of ether oxygens (including phenoxy) is 1. The Labute approximate surface area is 187 Å². The van der Waals surface area contributed by atoms with Gasteiger partial charge in [0.25, 0.3) is 5.91 Å². The highest BCUT2D eigenvalue weighted by atomic mass is 79.9. The number of likely N-dealkylation sites (N-methyl/N-ethyl adjacent to an activating group) is 1. The molecule has 7 nitrogen and oxygen atoms in total. The molecule has 1 aliphatic heterocycles. The molecule has 0 aliphatic carbocycles. The first-order valence-corrected chi connectivity index (χ1v) is 10.3. The summed E-state index contributed by atoms with van der Waals surface area (Å²) < 4.78 is 46.7. The number of imidazole rings is 1. The van der Waals surface area contributed by atoms with Crippen LogP contribution in [-0.2, 0) is 6.18 Å². The lowest BCUT2D eigenvalue weighted by atomic mass is 10.0. The van der Waals surface area contributed by atoms with Gasteiger partial charge in [-0.3, -0.25) is 9.20 Å². The van der Waals surface area contributed by atoms with Gasteiger partial charge < -0.3 is 15.4 Å².